The highest BCUT2D eigenvalue weighted by molar-refractivity contribution is 5.72. The third-order valence-corrected chi connectivity index (χ3v) is 1.51. The van der Waals surface area contributed by atoms with E-state index < -0.39 is 6.10 Å². The molecule has 0 spiro atoms. The standard InChI is InChI=1S/C9H19NO4/c1-8(11)10-4-3-5-14-7-9(12)6-13-2/h9,12H,3-7H2,1-2H3,(H,10,11). The molecule has 0 rings (SSSR count). The molecular formula is C9H19NO4. The van der Waals surface area contributed by atoms with Crippen LogP contribution < -0.4 is 5.32 Å². The van der Waals surface area contributed by atoms with Crippen LogP contribution in [0.25, 0.3) is 0 Å². The number of carbonyl (C=O) groups excluding carboxylic acids is 1. The molecule has 5 heteroatoms. The average molecular weight is 205 g/mol. The fraction of sp³-hybridized carbons (Fsp3) is 0.889. The molecule has 0 radical (unpaired) electrons. The van der Waals surface area contributed by atoms with Crippen molar-refractivity contribution in [2.75, 3.05) is 33.5 Å². The van der Waals surface area contributed by atoms with Gasteiger partial charge >= 0.3 is 0 Å². The molecule has 0 heterocycles. The van der Waals surface area contributed by atoms with E-state index in [0.29, 0.717) is 13.2 Å². The topological polar surface area (TPSA) is 67.8 Å². The Morgan fingerprint density at radius 1 is 1.50 bits per heavy atom. The second-order valence-electron chi connectivity index (χ2n) is 3.02. The number of methoxy groups -OCH3 is 1. The van der Waals surface area contributed by atoms with Crippen LogP contribution in [0.2, 0.25) is 0 Å². The zero-order valence-corrected chi connectivity index (χ0v) is 8.78. The molecule has 0 aromatic carbocycles. The number of aliphatic hydroxyl groups excluding tert-OH is 1. The van der Waals surface area contributed by atoms with Gasteiger partial charge in [0, 0.05) is 27.2 Å². The van der Waals surface area contributed by atoms with Gasteiger partial charge in [-0.1, -0.05) is 0 Å². The summed E-state index contributed by atoms with van der Waals surface area (Å²) in [6.45, 7) is 3.17. The van der Waals surface area contributed by atoms with Crippen LogP contribution in [0.15, 0.2) is 0 Å². The number of carbonyl (C=O) groups is 1. The normalized spacial score (nSPS) is 12.5. The van der Waals surface area contributed by atoms with Gasteiger partial charge in [0.1, 0.15) is 6.10 Å². The van der Waals surface area contributed by atoms with Crippen molar-refractivity contribution >= 4 is 5.91 Å². The van der Waals surface area contributed by atoms with Gasteiger partial charge in [0.05, 0.1) is 13.2 Å². The van der Waals surface area contributed by atoms with E-state index in [4.69, 9.17) is 9.47 Å². The first-order valence-electron chi connectivity index (χ1n) is 4.66. The molecule has 1 amide bonds. The van der Waals surface area contributed by atoms with Gasteiger partial charge in [-0.2, -0.15) is 0 Å². The first-order valence-corrected chi connectivity index (χ1v) is 4.66. The van der Waals surface area contributed by atoms with Crippen molar-refractivity contribution in [3.8, 4) is 0 Å². The molecule has 0 bridgehead atoms. The molecule has 0 aromatic heterocycles. The van der Waals surface area contributed by atoms with Crippen molar-refractivity contribution < 1.29 is 19.4 Å². The quantitative estimate of drug-likeness (QED) is 0.526. The summed E-state index contributed by atoms with van der Waals surface area (Å²) in [5.74, 6) is -0.0376. The first-order chi connectivity index (χ1) is 6.66. The van der Waals surface area contributed by atoms with Crippen LogP contribution in [-0.4, -0.2) is 50.6 Å². The predicted molar refractivity (Wildman–Crippen MR) is 52.0 cm³/mol. The molecule has 0 aliphatic carbocycles. The highest BCUT2D eigenvalue weighted by Crippen LogP contribution is 1.88. The van der Waals surface area contributed by atoms with Gasteiger partial charge in [0.15, 0.2) is 0 Å². The molecule has 0 aliphatic heterocycles. The van der Waals surface area contributed by atoms with Crippen molar-refractivity contribution in [3.63, 3.8) is 0 Å². The average Bonchev–Trinajstić information content (AvgIpc) is 2.11. The van der Waals surface area contributed by atoms with Gasteiger partial charge in [0.25, 0.3) is 0 Å². The number of amides is 1. The first kappa shape index (κ1) is 13.4. The lowest BCUT2D eigenvalue weighted by Gasteiger charge is -2.09. The van der Waals surface area contributed by atoms with E-state index in [2.05, 4.69) is 5.32 Å². The monoisotopic (exact) mass is 205 g/mol. The van der Waals surface area contributed by atoms with E-state index in [0.717, 1.165) is 6.42 Å². The summed E-state index contributed by atoms with van der Waals surface area (Å²) in [4.78, 5) is 10.5. The zero-order chi connectivity index (χ0) is 10.8. The van der Waals surface area contributed by atoms with Crippen molar-refractivity contribution in [1.29, 1.82) is 0 Å². The Morgan fingerprint density at radius 3 is 2.79 bits per heavy atom. The van der Waals surface area contributed by atoms with E-state index in [9.17, 15) is 9.90 Å². The van der Waals surface area contributed by atoms with Crippen LogP contribution in [-0.2, 0) is 14.3 Å². The van der Waals surface area contributed by atoms with Crippen molar-refractivity contribution in [2.45, 2.75) is 19.4 Å². The van der Waals surface area contributed by atoms with Gasteiger partial charge in [-0.05, 0) is 6.42 Å². The van der Waals surface area contributed by atoms with Gasteiger partial charge in [0.2, 0.25) is 5.91 Å². The Kier molecular flexibility index (Phi) is 8.51. The van der Waals surface area contributed by atoms with Gasteiger partial charge in [-0.15, -0.1) is 0 Å². The minimum atomic E-state index is -0.569. The maximum atomic E-state index is 10.5. The maximum absolute atomic E-state index is 10.5. The Labute approximate surface area is 84.4 Å². The van der Waals surface area contributed by atoms with Gasteiger partial charge in [-0.3, -0.25) is 4.79 Å². The second-order valence-corrected chi connectivity index (χ2v) is 3.02. The van der Waals surface area contributed by atoms with Gasteiger partial charge in [-0.25, -0.2) is 0 Å². The predicted octanol–water partition coefficient (Wildman–Crippen LogP) is -0.463. The van der Waals surface area contributed by atoms with Crippen LogP contribution in [0.1, 0.15) is 13.3 Å². The molecule has 0 aliphatic rings. The third kappa shape index (κ3) is 9.44. The molecule has 1 atom stereocenters. The van der Waals surface area contributed by atoms with Gasteiger partial charge < -0.3 is 19.9 Å². The van der Waals surface area contributed by atoms with E-state index in [1.54, 1.807) is 0 Å². The lowest BCUT2D eigenvalue weighted by molar-refractivity contribution is -0.119. The molecule has 14 heavy (non-hydrogen) atoms. The fourth-order valence-electron chi connectivity index (χ4n) is 0.899. The summed E-state index contributed by atoms with van der Waals surface area (Å²) < 4.78 is 9.87. The number of hydrogen-bond acceptors (Lipinski definition) is 4. The number of ether oxygens (including phenoxy) is 2. The lowest BCUT2D eigenvalue weighted by Crippen LogP contribution is -2.24. The minimum absolute atomic E-state index is 0.0376. The van der Waals surface area contributed by atoms with E-state index in [1.807, 2.05) is 0 Å². The molecule has 0 fully saturated rings. The van der Waals surface area contributed by atoms with E-state index in [-0.39, 0.29) is 19.1 Å². The summed E-state index contributed by atoms with van der Waals surface area (Å²) in [7, 11) is 1.53. The summed E-state index contributed by atoms with van der Waals surface area (Å²) in [6.07, 6.45) is 0.181. The minimum Gasteiger partial charge on any atom is -0.388 e. The van der Waals surface area contributed by atoms with Crippen LogP contribution in [0, 0.1) is 0 Å². The van der Waals surface area contributed by atoms with Crippen LogP contribution in [0.4, 0.5) is 0 Å². The van der Waals surface area contributed by atoms with Crippen molar-refractivity contribution in [1.82, 2.24) is 5.32 Å². The fourth-order valence-corrected chi connectivity index (χ4v) is 0.899. The van der Waals surface area contributed by atoms with Crippen LogP contribution >= 0.6 is 0 Å². The lowest BCUT2D eigenvalue weighted by atomic mass is 10.4. The Bertz CT molecular complexity index is 152. The molecular weight excluding hydrogens is 186 g/mol. The molecule has 5 nitrogen and oxygen atoms in total. The van der Waals surface area contributed by atoms with E-state index >= 15 is 0 Å². The highest BCUT2D eigenvalue weighted by Gasteiger charge is 2.02. The highest BCUT2D eigenvalue weighted by atomic mass is 16.5. The Balaban J connectivity index is 3.09. The molecule has 1 unspecified atom stereocenters. The van der Waals surface area contributed by atoms with Crippen LogP contribution in [0.5, 0.6) is 0 Å². The number of hydrogen-bond donors (Lipinski definition) is 2. The largest absolute Gasteiger partial charge is 0.388 e. The molecule has 0 saturated carbocycles. The zero-order valence-electron chi connectivity index (χ0n) is 8.78. The number of rotatable bonds is 8. The second kappa shape index (κ2) is 8.93. The summed E-state index contributed by atoms with van der Waals surface area (Å²) in [6, 6.07) is 0. The summed E-state index contributed by atoms with van der Waals surface area (Å²) >= 11 is 0. The Morgan fingerprint density at radius 2 is 2.21 bits per heavy atom. The molecule has 0 saturated heterocycles. The third-order valence-electron chi connectivity index (χ3n) is 1.51. The van der Waals surface area contributed by atoms with E-state index in [1.165, 1.54) is 14.0 Å². The summed E-state index contributed by atoms with van der Waals surface area (Å²) in [5, 5.41) is 11.8. The number of aliphatic hydroxyl groups is 1. The van der Waals surface area contributed by atoms with Crippen molar-refractivity contribution in [3.05, 3.63) is 0 Å². The maximum Gasteiger partial charge on any atom is 0.216 e. The Hall–Kier alpha value is -0.650. The van der Waals surface area contributed by atoms with Crippen LogP contribution in [0.3, 0.4) is 0 Å². The smallest absolute Gasteiger partial charge is 0.216 e. The molecule has 0 aromatic rings. The SMILES string of the molecule is COCC(O)COCCCNC(C)=O. The summed E-state index contributed by atoms with van der Waals surface area (Å²) in [5.41, 5.74) is 0. The molecule has 84 valence electrons. The number of nitrogens with one attached hydrogen (secondary N) is 1. The molecule has 2 N–H and O–H groups in total. The van der Waals surface area contributed by atoms with Crippen molar-refractivity contribution in [2.24, 2.45) is 0 Å².